The number of nitro benzene ring substituents is 1. The molecule has 0 heterocycles. The third kappa shape index (κ3) is 4.68. The van der Waals surface area contributed by atoms with Crippen LogP contribution in [0.5, 0.6) is 5.75 Å². The Labute approximate surface area is 145 Å². The van der Waals surface area contributed by atoms with Crippen molar-refractivity contribution >= 4 is 21.4 Å². The minimum atomic E-state index is -4.10. The zero-order chi connectivity index (χ0) is 18.4. The van der Waals surface area contributed by atoms with Crippen molar-refractivity contribution in [3.8, 4) is 5.75 Å². The molecule has 25 heavy (non-hydrogen) atoms. The molecule has 0 amide bonds. The molecule has 0 saturated carbocycles. The molecule has 0 unspecified atom stereocenters. The lowest BCUT2D eigenvalue weighted by molar-refractivity contribution is -0.387. The Kier molecular flexibility index (Phi) is 5.94. The zero-order valence-corrected chi connectivity index (χ0v) is 14.6. The van der Waals surface area contributed by atoms with Gasteiger partial charge in [0.05, 0.1) is 17.2 Å². The maximum absolute atomic E-state index is 12.5. The Bertz CT molecular complexity index is 867. The summed E-state index contributed by atoms with van der Waals surface area (Å²) in [6, 6.07) is 10.0. The average molecular weight is 366 g/mol. The summed E-state index contributed by atoms with van der Waals surface area (Å²) in [5.41, 5.74) is 0.460. The molecule has 8 nitrogen and oxygen atoms in total. The number of nitrogens with zero attached hydrogens (tertiary/aromatic N) is 1. The van der Waals surface area contributed by atoms with Crippen molar-refractivity contribution in [2.75, 3.05) is 25.0 Å². The molecule has 0 aliphatic carbocycles. The van der Waals surface area contributed by atoms with Crippen LogP contribution in [-0.4, -0.2) is 33.7 Å². The number of benzene rings is 2. The van der Waals surface area contributed by atoms with E-state index in [1.54, 1.807) is 32.2 Å². The van der Waals surface area contributed by atoms with Gasteiger partial charge in [0.2, 0.25) is 0 Å². The zero-order valence-electron chi connectivity index (χ0n) is 13.8. The van der Waals surface area contributed by atoms with Gasteiger partial charge in [-0.15, -0.1) is 0 Å². The van der Waals surface area contributed by atoms with Gasteiger partial charge >= 0.3 is 0 Å². The number of ether oxygens (including phenoxy) is 2. The second kappa shape index (κ2) is 7.95. The Hall–Kier alpha value is -2.65. The van der Waals surface area contributed by atoms with Crippen molar-refractivity contribution in [2.45, 2.75) is 11.8 Å². The fourth-order valence-electron chi connectivity index (χ4n) is 2.12. The first-order valence-electron chi connectivity index (χ1n) is 7.34. The van der Waals surface area contributed by atoms with Crippen LogP contribution in [0.3, 0.4) is 0 Å². The summed E-state index contributed by atoms with van der Waals surface area (Å²) in [7, 11) is -2.53. The van der Waals surface area contributed by atoms with E-state index in [9.17, 15) is 18.5 Å². The molecule has 134 valence electrons. The number of nitrogens with one attached hydrogen (secondary N) is 1. The van der Waals surface area contributed by atoms with Crippen molar-refractivity contribution in [1.29, 1.82) is 0 Å². The molecular formula is C16H18N2O6S. The van der Waals surface area contributed by atoms with Gasteiger partial charge < -0.3 is 9.47 Å². The van der Waals surface area contributed by atoms with Crippen molar-refractivity contribution in [3.05, 3.63) is 58.1 Å². The molecule has 2 rings (SSSR count). The summed E-state index contributed by atoms with van der Waals surface area (Å²) in [6.07, 6.45) is 0. The highest BCUT2D eigenvalue weighted by Crippen LogP contribution is 2.28. The number of rotatable bonds is 8. The lowest BCUT2D eigenvalue weighted by atomic mass is 10.2. The highest BCUT2D eigenvalue weighted by Gasteiger charge is 2.25. The van der Waals surface area contributed by atoms with Gasteiger partial charge in [0, 0.05) is 13.2 Å². The Morgan fingerprint density at radius 3 is 2.52 bits per heavy atom. The predicted octanol–water partition coefficient (Wildman–Crippen LogP) is 2.73. The van der Waals surface area contributed by atoms with Crippen LogP contribution in [0.2, 0.25) is 0 Å². The fraction of sp³-hybridized carbons (Fsp3) is 0.250. The fourth-order valence-corrected chi connectivity index (χ4v) is 3.42. The quantitative estimate of drug-likeness (QED) is 0.437. The molecule has 0 aliphatic heterocycles. The van der Waals surface area contributed by atoms with Gasteiger partial charge in [-0.05, 0) is 36.8 Å². The van der Waals surface area contributed by atoms with Gasteiger partial charge in [0.25, 0.3) is 15.7 Å². The van der Waals surface area contributed by atoms with Crippen LogP contribution in [0.15, 0.2) is 47.4 Å². The lowest BCUT2D eigenvalue weighted by Crippen LogP contribution is -2.15. The van der Waals surface area contributed by atoms with E-state index >= 15 is 0 Å². The molecule has 2 aromatic rings. The number of anilines is 1. The van der Waals surface area contributed by atoms with E-state index in [0.29, 0.717) is 30.2 Å². The maximum Gasteiger partial charge on any atom is 0.289 e. The molecule has 0 atom stereocenters. The topological polar surface area (TPSA) is 108 Å². The largest absolute Gasteiger partial charge is 0.491 e. The van der Waals surface area contributed by atoms with Crippen LogP contribution in [-0.2, 0) is 14.8 Å². The number of aryl methyl sites for hydroxylation is 1. The third-order valence-electron chi connectivity index (χ3n) is 3.35. The molecule has 0 radical (unpaired) electrons. The van der Waals surface area contributed by atoms with Gasteiger partial charge in [-0.3, -0.25) is 14.8 Å². The monoisotopic (exact) mass is 366 g/mol. The first-order chi connectivity index (χ1) is 11.8. The van der Waals surface area contributed by atoms with Gasteiger partial charge in [0.1, 0.15) is 12.4 Å². The molecular weight excluding hydrogens is 348 g/mol. The number of methoxy groups -OCH3 is 1. The predicted molar refractivity (Wildman–Crippen MR) is 92.5 cm³/mol. The second-order valence-corrected chi connectivity index (χ2v) is 6.80. The highest BCUT2D eigenvalue weighted by atomic mass is 32.2. The number of sulfonamides is 1. The van der Waals surface area contributed by atoms with E-state index in [2.05, 4.69) is 4.72 Å². The molecule has 0 fully saturated rings. The molecule has 0 spiro atoms. The van der Waals surface area contributed by atoms with E-state index < -0.39 is 20.6 Å². The molecule has 0 aliphatic rings. The first kappa shape index (κ1) is 18.7. The van der Waals surface area contributed by atoms with Crippen LogP contribution in [0.25, 0.3) is 0 Å². The van der Waals surface area contributed by atoms with E-state index in [1.807, 2.05) is 0 Å². The number of nitro groups is 1. The summed E-state index contributed by atoms with van der Waals surface area (Å²) in [6.45, 7) is 2.52. The second-order valence-electron chi connectivity index (χ2n) is 5.15. The third-order valence-corrected chi connectivity index (χ3v) is 4.76. The molecule has 0 bridgehead atoms. The SMILES string of the molecule is COCCOc1ccc(NS(=O)(=O)c2ccccc2[N+](=O)[O-])c(C)c1. The molecule has 0 aromatic heterocycles. The summed E-state index contributed by atoms with van der Waals surface area (Å²) in [5, 5.41) is 11.0. The summed E-state index contributed by atoms with van der Waals surface area (Å²) >= 11 is 0. The normalized spacial score (nSPS) is 11.1. The summed E-state index contributed by atoms with van der Waals surface area (Å²) in [4.78, 5) is 9.93. The van der Waals surface area contributed by atoms with Crippen LogP contribution in [0.1, 0.15) is 5.56 Å². The van der Waals surface area contributed by atoms with Gasteiger partial charge in [-0.2, -0.15) is 0 Å². The van der Waals surface area contributed by atoms with Crippen molar-refractivity contribution in [1.82, 2.24) is 0 Å². The molecule has 9 heteroatoms. The average Bonchev–Trinajstić information content (AvgIpc) is 2.57. The van der Waals surface area contributed by atoms with Crippen LogP contribution < -0.4 is 9.46 Å². The Morgan fingerprint density at radius 2 is 1.88 bits per heavy atom. The van der Waals surface area contributed by atoms with Gasteiger partial charge in [-0.25, -0.2) is 8.42 Å². The van der Waals surface area contributed by atoms with E-state index in [4.69, 9.17) is 9.47 Å². The number of hydrogen-bond acceptors (Lipinski definition) is 6. The minimum Gasteiger partial charge on any atom is -0.491 e. The van der Waals surface area contributed by atoms with Gasteiger partial charge in [0.15, 0.2) is 4.90 Å². The van der Waals surface area contributed by atoms with Crippen LogP contribution >= 0.6 is 0 Å². The first-order valence-corrected chi connectivity index (χ1v) is 8.82. The van der Waals surface area contributed by atoms with Crippen molar-refractivity contribution in [2.24, 2.45) is 0 Å². The molecule has 2 aromatic carbocycles. The van der Waals surface area contributed by atoms with Crippen molar-refractivity contribution in [3.63, 3.8) is 0 Å². The van der Waals surface area contributed by atoms with Crippen LogP contribution in [0.4, 0.5) is 11.4 Å². The highest BCUT2D eigenvalue weighted by molar-refractivity contribution is 7.92. The maximum atomic E-state index is 12.5. The van der Waals surface area contributed by atoms with Gasteiger partial charge in [-0.1, -0.05) is 12.1 Å². The van der Waals surface area contributed by atoms with E-state index in [0.717, 1.165) is 6.07 Å². The smallest absolute Gasteiger partial charge is 0.289 e. The minimum absolute atomic E-state index is 0.317. The Balaban J connectivity index is 2.25. The van der Waals surface area contributed by atoms with E-state index in [1.165, 1.54) is 18.2 Å². The summed E-state index contributed by atoms with van der Waals surface area (Å²) in [5.74, 6) is 0.572. The van der Waals surface area contributed by atoms with E-state index in [-0.39, 0.29) is 4.90 Å². The summed E-state index contributed by atoms with van der Waals surface area (Å²) < 4.78 is 37.8. The standard InChI is InChI=1S/C16H18N2O6S/c1-12-11-13(24-10-9-23-2)7-8-14(12)17-25(21,22)16-6-4-3-5-15(16)18(19)20/h3-8,11,17H,9-10H2,1-2H3. The molecule has 1 N–H and O–H groups in total. The van der Waals surface area contributed by atoms with Crippen LogP contribution in [0, 0.1) is 17.0 Å². The van der Waals surface area contributed by atoms with Crippen molar-refractivity contribution < 1.29 is 22.8 Å². The lowest BCUT2D eigenvalue weighted by Gasteiger charge is -2.12. The number of para-hydroxylation sites is 1. The Morgan fingerprint density at radius 1 is 1.16 bits per heavy atom. The molecule has 0 saturated heterocycles. The number of hydrogen-bond donors (Lipinski definition) is 1.